The van der Waals surface area contributed by atoms with Gasteiger partial charge >= 0.3 is 0 Å². The van der Waals surface area contributed by atoms with E-state index in [1.165, 1.54) is 70.8 Å². The first kappa shape index (κ1) is 16.1. The van der Waals surface area contributed by atoms with Gasteiger partial charge in [-0.25, -0.2) is 0 Å². The lowest BCUT2D eigenvalue weighted by Crippen LogP contribution is -2.41. The topological polar surface area (TPSA) is 12.0 Å². The van der Waals surface area contributed by atoms with Gasteiger partial charge in [0.1, 0.15) is 0 Å². The summed E-state index contributed by atoms with van der Waals surface area (Å²) in [6.45, 7) is 8.36. The minimum atomic E-state index is 0.587. The molecule has 0 aliphatic heterocycles. The molecule has 1 atom stereocenters. The standard InChI is InChI=1S/C19H35N/c1-4-15-20-18(16-9-7-5-6-8-10-16)17-11-13-19(2,3)14-12-17/h9,17-18,20H,4-8,10-15H2,1-3H3. The molecule has 116 valence electrons. The molecule has 0 bridgehead atoms. The van der Waals surface area contributed by atoms with Crippen molar-refractivity contribution in [1.82, 2.24) is 5.32 Å². The first-order chi connectivity index (χ1) is 9.62. The van der Waals surface area contributed by atoms with Gasteiger partial charge in [-0.15, -0.1) is 0 Å². The molecule has 0 spiro atoms. The highest BCUT2D eigenvalue weighted by Gasteiger charge is 2.32. The zero-order valence-corrected chi connectivity index (χ0v) is 14.0. The second-order valence-corrected chi connectivity index (χ2v) is 7.81. The molecule has 1 saturated carbocycles. The van der Waals surface area contributed by atoms with E-state index in [0.717, 1.165) is 5.92 Å². The Morgan fingerprint density at radius 2 is 1.95 bits per heavy atom. The maximum absolute atomic E-state index is 3.90. The van der Waals surface area contributed by atoms with Crippen LogP contribution in [-0.2, 0) is 0 Å². The lowest BCUT2D eigenvalue weighted by atomic mass is 9.70. The van der Waals surface area contributed by atoms with Crippen molar-refractivity contribution in [2.24, 2.45) is 11.3 Å². The van der Waals surface area contributed by atoms with E-state index < -0.39 is 0 Å². The van der Waals surface area contributed by atoms with Gasteiger partial charge in [0, 0.05) is 6.04 Å². The molecule has 0 heterocycles. The number of nitrogens with one attached hydrogen (secondary N) is 1. The first-order valence-electron chi connectivity index (χ1n) is 9.05. The van der Waals surface area contributed by atoms with Crippen LogP contribution in [0.2, 0.25) is 0 Å². The Kier molecular flexibility index (Phi) is 6.14. The Hall–Kier alpha value is -0.300. The summed E-state index contributed by atoms with van der Waals surface area (Å²) < 4.78 is 0. The smallest absolute Gasteiger partial charge is 0.0307 e. The van der Waals surface area contributed by atoms with Gasteiger partial charge in [-0.1, -0.05) is 38.8 Å². The summed E-state index contributed by atoms with van der Waals surface area (Å²) in [6.07, 6.45) is 16.4. The zero-order valence-electron chi connectivity index (χ0n) is 14.0. The van der Waals surface area contributed by atoms with Crippen molar-refractivity contribution >= 4 is 0 Å². The molecule has 0 aromatic carbocycles. The van der Waals surface area contributed by atoms with Gasteiger partial charge in [0.2, 0.25) is 0 Å². The van der Waals surface area contributed by atoms with Crippen molar-refractivity contribution < 1.29 is 0 Å². The van der Waals surface area contributed by atoms with Crippen LogP contribution in [0, 0.1) is 11.3 Å². The number of rotatable bonds is 5. The quantitative estimate of drug-likeness (QED) is 0.658. The SMILES string of the molecule is CCCNC(C1=CCCCCC1)C1CCC(C)(C)CC1. The Balaban J connectivity index is 2.01. The second kappa shape index (κ2) is 7.64. The fourth-order valence-corrected chi connectivity index (χ4v) is 3.98. The zero-order chi connectivity index (χ0) is 14.4. The molecule has 2 aliphatic rings. The monoisotopic (exact) mass is 277 g/mol. The third-order valence-corrected chi connectivity index (χ3v) is 5.45. The molecule has 1 unspecified atom stereocenters. The maximum Gasteiger partial charge on any atom is 0.0307 e. The summed E-state index contributed by atoms with van der Waals surface area (Å²) in [5.41, 5.74) is 2.34. The van der Waals surface area contributed by atoms with Gasteiger partial charge in [-0.2, -0.15) is 0 Å². The highest BCUT2D eigenvalue weighted by atomic mass is 14.9. The lowest BCUT2D eigenvalue weighted by Gasteiger charge is -2.39. The van der Waals surface area contributed by atoms with Crippen molar-refractivity contribution in [1.29, 1.82) is 0 Å². The Morgan fingerprint density at radius 3 is 2.65 bits per heavy atom. The Labute approximate surface area is 126 Å². The number of hydrogen-bond donors (Lipinski definition) is 1. The molecule has 2 rings (SSSR count). The van der Waals surface area contributed by atoms with Crippen LogP contribution in [-0.4, -0.2) is 12.6 Å². The average molecular weight is 277 g/mol. The summed E-state index contributed by atoms with van der Waals surface area (Å²) in [5, 5.41) is 3.90. The van der Waals surface area contributed by atoms with E-state index in [1.54, 1.807) is 5.57 Å². The summed E-state index contributed by atoms with van der Waals surface area (Å²) in [5.74, 6) is 0.888. The second-order valence-electron chi connectivity index (χ2n) is 7.81. The van der Waals surface area contributed by atoms with Crippen LogP contribution in [0.5, 0.6) is 0 Å². The van der Waals surface area contributed by atoms with Gasteiger partial charge < -0.3 is 5.32 Å². The molecule has 1 heteroatoms. The molecule has 20 heavy (non-hydrogen) atoms. The molecule has 1 N–H and O–H groups in total. The van der Waals surface area contributed by atoms with E-state index in [4.69, 9.17) is 0 Å². The molecule has 1 nitrogen and oxygen atoms in total. The van der Waals surface area contributed by atoms with Crippen molar-refractivity contribution in [3.05, 3.63) is 11.6 Å². The van der Waals surface area contributed by atoms with E-state index >= 15 is 0 Å². The van der Waals surface area contributed by atoms with Crippen molar-refractivity contribution in [3.63, 3.8) is 0 Å². The normalized spacial score (nSPS) is 25.9. The van der Waals surface area contributed by atoms with E-state index in [-0.39, 0.29) is 0 Å². The molecule has 2 aliphatic carbocycles. The van der Waals surface area contributed by atoms with Crippen LogP contribution in [0.15, 0.2) is 11.6 Å². The van der Waals surface area contributed by atoms with Crippen LogP contribution in [0.3, 0.4) is 0 Å². The molecule has 0 amide bonds. The summed E-state index contributed by atoms with van der Waals surface area (Å²) in [6, 6.07) is 0.684. The van der Waals surface area contributed by atoms with Crippen LogP contribution in [0.25, 0.3) is 0 Å². The minimum absolute atomic E-state index is 0.587. The van der Waals surface area contributed by atoms with Gasteiger partial charge in [-0.3, -0.25) is 0 Å². The van der Waals surface area contributed by atoms with Crippen LogP contribution in [0.4, 0.5) is 0 Å². The number of hydrogen-bond acceptors (Lipinski definition) is 1. The predicted octanol–water partition coefficient (Wildman–Crippen LogP) is 5.46. The van der Waals surface area contributed by atoms with E-state index in [9.17, 15) is 0 Å². The Morgan fingerprint density at radius 1 is 1.20 bits per heavy atom. The van der Waals surface area contributed by atoms with Crippen molar-refractivity contribution in [2.45, 2.75) is 91.0 Å². The van der Waals surface area contributed by atoms with Crippen LogP contribution < -0.4 is 5.32 Å². The Bertz CT molecular complexity index is 306. The third kappa shape index (κ3) is 4.62. The maximum atomic E-state index is 3.90. The molecular weight excluding hydrogens is 242 g/mol. The van der Waals surface area contributed by atoms with Crippen LogP contribution >= 0.6 is 0 Å². The summed E-state index contributed by atoms with van der Waals surface area (Å²) >= 11 is 0. The largest absolute Gasteiger partial charge is 0.310 e. The third-order valence-electron chi connectivity index (χ3n) is 5.45. The van der Waals surface area contributed by atoms with Gasteiger partial charge in [0.05, 0.1) is 0 Å². The number of allylic oxidation sites excluding steroid dienone is 1. The van der Waals surface area contributed by atoms with E-state index in [0.29, 0.717) is 11.5 Å². The van der Waals surface area contributed by atoms with Crippen molar-refractivity contribution in [2.75, 3.05) is 6.54 Å². The molecular formula is C19H35N. The van der Waals surface area contributed by atoms with Gasteiger partial charge in [-0.05, 0) is 75.7 Å². The molecule has 0 aromatic heterocycles. The van der Waals surface area contributed by atoms with Crippen LogP contribution in [0.1, 0.15) is 85.0 Å². The highest BCUT2D eigenvalue weighted by molar-refractivity contribution is 5.14. The molecule has 0 aromatic rings. The lowest BCUT2D eigenvalue weighted by molar-refractivity contribution is 0.169. The summed E-state index contributed by atoms with van der Waals surface area (Å²) in [4.78, 5) is 0. The average Bonchev–Trinajstić information content (AvgIpc) is 2.70. The molecule has 1 fully saturated rings. The summed E-state index contributed by atoms with van der Waals surface area (Å²) in [7, 11) is 0. The minimum Gasteiger partial charge on any atom is -0.310 e. The first-order valence-corrected chi connectivity index (χ1v) is 9.05. The fourth-order valence-electron chi connectivity index (χ4n) is 3.98. The van der Waals surface area contributed by atoms with Gasteiger partial charge in [0.25, 0.3) is 0 Å². The fraction of sp³-hybridized carbons (Fsp3) is 0.895. The molecule has 0 radical (unpaired) electrons. The van der Waals surface area contributed by atoms with E-state index in [1.807, 2.05) is 0 Å². The predicted molar refractivity (Wildman–Crippen MR) is 89.0 cm³/mol. The highest BCUT2D eigenvalue weighted by Crippen LogP contribution is 2.41. The van der Waals surface area contributed by atoms with Crippen molar-refractivity contribution in [3.8, 4) is 0 Å². The van der Waals surface area contributed by atoms with Gasteiger partial charge in [0.15, 0.2) is 0 Å². The van der Waals surface area contributed by atoms with E-state index in [2.05, 4.69) is 32.2 Å². The molecule has 0 saturated heterocycles.